The summed E-state index contributed by atoms with van der Waals surface area (Å²) < 4.78 is 0. The van der Waals surface area contributed by atoms with Gasteiger partial charge in [-0.2, -0.15) is 5.10 Å². The summed E-state index contributed by atoms with van der Waals surface area (Å²) in [6, 6.07) is 0. The summed E-state index contributed by atoms with van der Waals surface area (Å²) in [5.74, 6) is -0.154. The van der Waals surface area contributed by atoms with Crippen LogP contribution in [-0.4, -0.2) is 16.2 Å². The molecular formula is C5H3N5O. The zero-order valence-corrected chi connectivity index (χ0v) is 5.33. The molecule has 1 aromatic rings. The number of rotatable bonds is 0. The third-order valence-corrected chi connectivity index (χ3v) is 1.25. The van der Waals surface area contributed by atoms with Crippen LogP contribution >= 0.6 is 0 Å². The first-order valence-electron chi connectivity index (χ1n) is 2.87. The highest BCUT2D eigenvalue weighted by atomic mass is 16.1. The van der Waals surface area contributed by atoms with Gasteiger partial charge in [-0.3, -0.25) is 10.2 Å². The van der Waals surface area contributed by atoms with Crippen molar-refractivity contribution in [1.29, 1.82) is 5.41 Å². The number of guanidine groups is 1. The van der Waals surface area contributed by atoms with Gasteiger partial charge in [0.15, 0.2) is 5.36 Å². The van der Waals surface area contributed by atoms with E-state index in [0.717, 1.165) is 0 Å². The molecule has 0 bridgehead atoms. The van der Waals surface area contributed by atoms with Gasteiger partial charge in [0.25, 0.3) is 5.56 Å². The molecule has 0 atom stereocenters. The Balaban J connectivity index is 3.10. The molecule has 0 aromatic carbocycles. The monoisotopic (exact) mass is 149 g/mol. The number of H-pyrrole nitrogens is 1. The Morgan fingerprint density at radius 2 is 2.27 bits per heavy atom. The third kappa shape index (κ3) is 0.759. The Kier molecular flexibility index (Phi) is 0.974. The van der Waals surface area contributed by atoms with Crippen molar-refractivity contribution in [2.45, 2.75) is 0 Å². The van der Waals surface area contributed by atoms with Gasteiger partial charge < -0.3 is 0 Å². The molecule has 6 heteroatoms. The minimum absolute atomic E-state index is 0.154. The van der Waals surface area contributed by atoms with Crippen molar-refractivity contribution in [2.24, 2.45) is 9.98 Å². The van der Waals surface area contributed by atoms with Crippen LogP contribution in [0.25, 0.3) is 0 Å². The third-order valence-electron chi connectivity index (χ3n) is 1.25. The Hall–Kier alpha value is -1.85. The van der Waals surface area contributed by atoms with Crippen molar-refractivity contribution in [1.82, 2.24) is 10.2 Å². The maximum absolute atomic E-state index is 10.9. The van der Waals surface area contributed by atoms with Crippen LogP contribution in [0.5, 0.6) is 0 Å². The van der Waals surface area contributed by atoms with Gasteiger partial charge >= 0.3 is 0 Å². The van der Waals surface area contributed by atoms with Gasteiger partial charge in [-0.15, -0.1) is 0 Å². The van der Waals surface area contributed by atoms with Gasteiger partial charge in [-0.05, 0) is 0 Å². The second-order valence-corrected chi connectivity index (χ2v) is 1.98. The quantitative estimate of drug-likeness (QED) is 0.444. The second kappa shape index (κ2) is 1.82. The fourth-order valence-corrected chi connectivity index (χ4v) is 0.817. The van der Waals surface area contributed by atoms with E-state index in [0.29, 0.717) is 5.36 Å². The lowest BCUT2D eigenvalue weighted by Crippen LogP contribution is -2.39. The molecule has 11 heavy (non-hydrogen) atoms. The lowest BCUT2D eigenvalue weighted by Gasteiger charge is -1.76. The number of hydrogen-bond donors (Lipinski definition) is 2. The molecule has 2 rings (SSSR count). The molecule has 2 heterocycles. The average Bonchev–Trinajstić information content (AvgIpc) is 2.31. The molecule has 1 aliphatic heterocycles. The van der Waals surface area contributed by atoms with E-state index < -0.39 is 5.56 Å². The minimum Gasteiger partial charge on any atom is -0.265 e. The maximum atomic E-state index is 10.9. The van der Waals surface area contributed by atoms with Crippen molar-refractivity contribution in [3.8, 4) is 0 Å². The summed E-state index contributed by atoms with van der Waals surface area (Å²) in [5, 5.41) is 13.2. The highest BCUT2D eigenvalue weighted by Gasteiger charge is 2.03. The number of aromatic amines is 1. The molecule has 1 aliphatic rings. The van der Waals surface area contributed by atoms with E-state index in [-0.39, 0.29) is 11.3 Å². The van der Waals surface area contributed by atoms with Crippen LogP contribution in [0.15, 0.2) is 21.0 Å². The zero-order chi connectivity index (χ0) is 7.84. The fraction of sp³-hybridized carbons (Fsp3) is 0. The topological polar surface area (TPSA) is 94.3 Å². The number of fused-ring (bicyclic) bond motifs is 1. The van der Waals surface area contributed by atoms with Crippen LogP contribution in [0.2, 0.25) is 0 Å². The summed E-state index contributed by atoms with van der Waals surface area (Å²) >= 11 is 0. The zero-order valence-electron chi connectivity index (χ0n) is 5.33. The van der Waals surface area contributed by atoms with Gasteiger partial charge in [0, 0.05) is 0 Å². The Morgan fingerprint density at radius 1 is 1.45 bits per heavy atom. The van der Waals surface area contributed by atoms with Crippen LogP contribution in [0.4, 0.5) is 0 Å². The summed E-state index contributed by atoms with van der Waals surface area (Å²) in [6.07, 6.45) is 1.36. The maximum Gasteiger partial charge on any atom is 0.292 e. The first-order valence-corrected chi connectivity index (χ1v) is 2.87. The molecule has 0 unspecified atom stereocenters. The van der Waals surface area contributed by atoms with Crippen molar-refractivity contribution in [2.75, 3.05) is 0 Å². The van der Waals surface area contributed by atoms with Crippen molar-refractivity contribution < 1.29 is 0 Å². The SMILES string of the molecule is N=C1N=c2cn[nH]c(=O)c2=N1. The molecule has 54 valence electrons. The number of aromatic nitrogens is 2. The number of hydrogen-bond acceptors (Lipinski definition) is 3. The van der Waals surface area contributed by atoms with Crippen molar-refractivity contribution in [3.63, 3.8) is 0 Å². The lowest BCUT2D eigenvalue weighted by molar-refractivity contribution is 0.945. The molecule has 6 nitrogen and oxygen atoms in total. The van der Waals surface area contributed by atoms with Gasteiger partial charge in [0.05, 0.1) is 6.20 Å². The smallest absolute Gasteiger partial charge is 0.265 e. The summed E-state index contributed by atoms with van der Waals surface area (Å²) in [4.78, 5) is 18.1. The van der Waals surface area contributed by atoms with Gasteiger partial charge in [0.2, 0.25) is 5.96 Å². The molecule has 1 aromatic heterocycles. The highest BCUT2D eigenvalue weighted by molar-refractivity contribution is 5.79. The number of nitrogens with zero attached hydrogens (tertiary/aromatic N) is 3. The van der Waals surface area contributed by atoms with E-state index in [1.165, 1.54) is 6.20 Å². The molecule has 0 radical (unpaired) electrons. The predicted octanol–water partition coefficient (Wildman–Crippen LogP) is -2.04. The van der Waals surface area contributed by atoms with Gasteiger partial charge in [0.1, 0.15) is 5.36 Å². The van der Waals surface area contributed by atoms with E-state index in [4.69, 9.17) is 5.41 Å². The standard InChI is InChI=1S/C5H3N5O/c6-5-8-2-1-7-10-4(11)3(2)9-5/h1,6H,(H,10,11). The Labute approximate surface area is 59.8 Å². The highest BCUT2D eigenvalue weighted by Crippen LogP contribution is 1.75. The largest absolute Gasteiger partial charge is 0.292 e. The molecule has 2 N–H and O–H groups in total. The summed E-state index contributed by atoms with van der Waals surface area (Å²) in [5.41, 5.74) is -0.409. The van der Waals surface area contributed by atoms with E-state index in [1.54, 1.807) is 0 Å². The van der Waals surface area contributed by atoms with Crippen LogP contribution in [0.1, 0.15) is 0 Å². The molecule has 0 saturated heterocycles. The Morgan fingerprint density at radius 3 is 3.00 bits per heavy atom. The average molecular weight is 149 g/mol. The van der Waals surface area contributed by atoms with Crippen LogP contribution < -0.4 is 16.3 Å². The molecule has 0 aliphatic carbocycles. The van der Waals surface area contributed by atoms with E-state index in [9.17, 15) is 4.79 Å². The van der Waals surface area contributed by atoms with Crippen molar-refractivity contribution in [3.05, 3.63) is 27.3 Å². The lowest BCUT2D eigenvalue weighted by atomic mass is 10.5. The van der Waals surface area contributed by atoms with Gasteiger partial charge in [-0.25, -0.2) is 15.1 Å². The van der Waals surface area contributed by atoms with Gasteiger partial charge in [-0.1, -0.05) is 0 Å². The van der Waals surface area contributed by atoms with E-state index >= 15 is 0 Å². The van der Waals surface area contributed by atoms with Crippen LogP contribution in [0.3, 0.4) is 0 Å². The first-order chi connectivity index (χ1) is 5.27. The normalized spacial score (nSPS) is 13.6. The summed E-state index contributed by atoms with van der Waals surface area (Å²) in [6.45, 7) is 0. The number of nitrogens with one attached hydrogen (secondary N) is 2. The molecule has 0 fully saturated rings. The minimum atomic E-state index is -0.409. The molecule has 0 spiro atoms. The van der Waals surface area contributed by atoms with Crippen LogP contribution in [0, 0.1) is 5.41 Å². The van der Waals surface area contributed by atoms with Crippen LogP contribution in [-0.2, 0) is 0 Å². The Bertz CT molecular complexity index is 484. The van der Waals surface area contributed by atoms with Crippen molar-refractivity contribution >= 4 is 5.96 Å². The predicted molar refractivity (Wildman–Crippen MR) is 34.9 cm³/mol. The second-order valence-electron chi connectivity index (χ2n) is 1.98. The molecule has 0 saturated carbocycles. The summed E-state index contributed by atoms with van der Waals surface area (Å²) in [7, 11) is 0. The van der Waals surface area contributed by atoms with E-state index in [2.05, 4.69) is 20.2 Å². The fourth-order valence-electron chi connectivity index (χ4n) is 0.817. The van der Waals surface area contributed by atoms with E-state index in [1.807, 2.05) is 0 Å². The molecule has 0 amide bonds. The first kappa shape index (κ1) is 5.90. The molecular weight excluding hydrogens is 146 g/mol.